The number of urea groups is 1. The minimum atomic E-state index is -1.09. The van der Waals surface area contributed by atoms with Crippen molar-refractivity contribution >= 4 is 29.6 Å². The summed E-state index contributed by atoms with van der Waals surface area (Å²) in [6.45, 7) is -0.290. The Morgan fingerprint density at radius 3 is 2.62 bits per heavy atom. The van der Waals surface area contributed by atoms with Gasteiger partial charge in [-0.2, -0.15) is 5.06 Å². The van der Waals surface area contributed by atoms with Crippen LogP contribution in [0.1, 0.15) is 5.56 Å². The lowest BCUT2D eigenvalue weighted by molar-refractivity contribution is -0.129. The minimum absolute atomic E-state index is 0.136. The van der Waals surface area contributed by atoms with Crippen molar-refractivity contribution in [2.45, 2.75) is 0 Å². The first-order valence-corrected chi connectivity index (χ1v) is 8.04. The molecule has 0 saturated heterocycles. The number of nitrogens with one attached hydrogen (secondary N) is 1. The lowest BCUT2D eigenvalue weighted by atomic mass is 10.2. The largest absolute Gasteiger partial charge is 0.457 e. The summed E-state index contributed by atoms with van der Waals surface area (Å²) in [6.07, 6.45) is 3.53. The number of amides is 3. The minimum Gasteiger partial charge on any atom is -0.457 e. The van der Waals surface area contributed by atoms with Gasteiger partial charge in [-0.1, -0.05) is 35.9 Å². The summed E-state index contributed by atoms with van der Waals surface area (Å²) in [5.74, 6) is 0.803. The summed E-state index contributed by atoms with van der Waals surface area (Å²) in [5, 5.41) is 12.3. The van der Waals surface area contributed by atoms with Gasteiger partial charge in [-0.05, 0) is 42.0 Å². The number of benzene rings is 2. The normalized spacial score (nSPS) is 10.5. The topological polar surface area (TPSA) is 105 Å². The average molecular weight is 376 g/mol. The van der Waals surface area contributed by atoms with E-state index in [0.29, 0.717) is 16.5 Å². The van der Waals surface area contributed by atoms with Gasteiger partial charge in [-0.3, -0.25) is 10.0 Å². The molecule has 0 aromatic heterocycles. The zero-order valence-corrected chi connectivity index (χ0v) is 14.5. The van der Waals surface area contributed by atoms with Gasteiger partial charge in [0.25, 0.3) is 0 Å². The van der Waals surface area contributed by atoms with Gasteiger partial charge in [0.2, 0.25) is 5.91 Å². The number of hydroxylamine groups is 2. The molecule has 0 saturated carbocycles. The standard InChI is InChI=1S/C18H18ClN3O4/c19-14-6-8-15(9-7-14)26-16-5-1-3-13(11-16)4-2-10-21-17(23)12-22(25)18(20)24/h1-9,11,25H,10,12H2,(H2,20,24)(H,21,23)/b4-2+. The highest BCUT2D eigenvalue weighted by atomic mass is 35.5. The molecule has 0 aliphatic heterocycles. The maximum atomic E-state index is 11.5. The van der Waals surface area contributed by atoms with E-state index >= 15 is 0 Å². The van der Waals surface area contributed by atoms with Crippen molar-refractivity contribution in [2.24, 2.45) is 5.73 Å². The first-order chi connectivity index (χ1) is 12.4. The Kier molecular flexibility index (Phi) is 7.02. The van der Waals surface area contributed by atoms with Crippen molar-refractivity contribution in [2.75, 3.05) is 13.1 Å². The van der Waals surface area contributed by atoms with Crippen molar-refractivity contribution in [3.8, 4) is 11.5 Å². The van der Waals surface area contributed by atoms with Crippen LogP contribution in [0.15, 0.2) is 54.6 Å². The van der Waals surface area contributed by atoms with Crippen LogP contribution in [-0.2, 0) is 4.79 Å². The van der Waals surface area contributed by atoms with E-state index in [2.05, 4.69) is 5.32 Å². The second-order valence-electron chi connectivity index (χ2n) is 5.23. The number of carbonyl (C=O) groups is 2. The predicted molar refractivity (Wildman–Crippen MR) is 98.1 cm³/mol. The van der Waals surface area contributed by atoms with E-state index in [1.165, 1.54) is 0 Å². The molecule has 3 amide bonds. The fourth-order valence-electron chi connectivity index (χ4n) is 1.96. The zero-order chi connectivity index (χ0) is 18.9. The monoisotopic (exact) mass is 375 g/mol. The Morgan fingerprint density at radius 1 is 1.19 bits per heavy atom. The molecule has 0 fully saturated rings. The van der Waals surface area contributed by atoms with E-state index in [-0.39, 0.29) is 11.6 Å². The van der Waals surface area contributed by atoms with Gasteiger partial charge in [0, 0.05) is 11.6 Å². The van der Waals surface area contributed by atoms with Gasteiger partial charge in [0.1, 0.15) is 18.0 Å². The van der Waals surface area contributed by atoms with Gasteiger partial charge >= 0.3 is 6.03 Å². The Hall–Kier alpha value is -3.03. The average Bonchev–Trinajstić information content (AvgIpc) is 2.61. The molecule has 0 unspecified atom stereocenters. The van der Waals surface area contributed by atoms with Gasteiger partial charge in [-0.25, -0.2) is 4.79 Å². The molecule has 0 atom stereocenters. The van der Waals surface area contributed by atoms with E-state index in [0.717, 1.165) is 5.56 Å². The van der Waals surface area contributed by atoms with Crippen molar-refractivity contribution in [3.05, 3.63) is 65.2 Å². The number of ether oxygens (including phenoxy) is 1. The number of nitrogens with zero attached hydrogens (tertiary/aromatic N) is 1. The third-order valence-corrected chi connectivity index (χ3v) is 3.43. The smallest absolute Gasteiger partial charge is 0.339 e. The SMILES string of the molecule is NC(=O)N(O)CC(=O)NC/C=C/c1cccc(Oc2ccc(Cl)cc2)c1. The summed E-state index contributed by atoms with van der Waals surface area (Å²) in [7, 11) is 0. The molecule has 2 aromatic carbocycles. The molecular formula is C18H18ClN3O4. The van der Waals surface area contributed by atoms with E-state index in [1.807, 2.05) is 24.3 Å². The molecular weight excluding hydrogens is 358 g/mol. The van der Waals surface area contributed by atoms with E-state index in [4.69, 9.17) is 27.3 Å². The number of rotatable bonds is 7. The first kappa shape index (κ1) is 19.3. The molecule has 2 rings (SSSR count). The van der Waals surface area contributed by atoms with E-state index in [9.17, 15) is 9.59 Å². The lowest BCUT2D eigenvalue weighted by Gasteiger charge is -2.10. The fraction of sp³-hybridized carbons (Fsp3) is 0.111. The van der Waals surface area contributed by atoms with Gasteiger partial charge < -0.3 is 15.8 Å². The molecule has 0 heterocycles. The molecule has 0 aliphatic rings. The van der Waals surface area contributed by atoms with Crippen molar-refractivity contribution in [3.63, 3.8) is 0 Å². The van der Waals surface area contributed by atoms with Crippen LogP contribution >= 0.6 is 11.6 Å². The number of nitrogens with two attached hydrogens (primary N) is 1. The Bertz CT molecular complexity index is 793. The second kappa shape index (κ2) is 9.45. The molecule has 136 valence electrons. The molecule has 0 aliphatic carbocycles. The highest BCUT2D eigenvalue weighted by Gasteiger charge is 2.10. The summed E-state index contributed by atoms with van der Waals surface area (Å²) < 4.78 is 5.75. The molecule has 7 nitrogen and oxygen atoms in total. The van der Waals surface area contributed by atoms with Crippen molar-refractivity contribution in [1.82, 2.24) is 10.4 Å². The van der Waals surface area contributed by atoms with E-state index in [1.54, 1.807) is 36.4 Å². The van der Waals surface area contributed by atoms with Crippen LogP contribution in [0.3, 0.4) is 0 Å². The quantitative estimate of drug-likeness (QED) is 0.511. The zero-order valence-electron chi connectivity index (χ0n) is 13.8. The Labute approximate surface area is 155 Å². The van der Waals surface area contributed by atoms with Gasteiger partial charge in [0.05, 0.1) is 0 Å². The molecule has 0 spiro atoms. The van der Waals surface area contributed by atoms with Crippen LogP contribution in [0.2, 0.25) is 5.02 Å². The molecule has 2 aromatic rings. The summed E-state index contributed by atoms with van der Waals surface area (Å²) in [5.41, 5.74) is 5.70. The number of carbonyl (C=O) groups excluding carboxylic acids is 2. The van der Waals surface area contributed by atoms with Crippen molar-refractivity contribution in [1.29, 1.82) is 0 Å². The maximum absolute atomic E-state index is 11.5. The van der Waals surface area contributed by atoms with Crippen LogP contribution < -0.4 is 15.8 Å². The van der Waals surface area contributed by atoms with Crippen LogP contribution in [-0.4, -0.2) is 35.3 Å². The molecule has 0 radical (unpaired) electrons. The Morgan fingerprint density at radius 2 is 1.92 bits per heavy atom. The van der Waals surface area contributed by atoms with Gasteiger partial charge in [0.15, 0.2) is 0 Å². The number of halogens is 1. The maximum Gasteiger partial charge on any atom is 0.339 e. The number of hydrogen-bond donors (Lipinski definition) is 3. The number of primary amides is 1. The van der Waals surface area contributed by atoms with Crippen LogP contribution in [0.5, 0.6) is 11.5 Å². The molecule has 26 heavy (non-hydrogen) atoms. The highest BCUT2D eigenvalue weighted by molar-refractivity contribution is 6.30. The van der Waals surface area contributed by atoms with E-state index < -0.39 is 18.5 Å². The first-order valence-electron chi connectivity index (χ1n) is 7.66. The third-order valence-electron chi connectivity index (χ3n) is 3.18. The van der Waals surface area contributed by atoms with Crippen LogP contribution in [0.25, 0.3) is 6.08 Å². The molecule has 8 heteroatoms. The Balaban J connectivity index is 1.85. The third kappa shape index (κ3) is 6.46. The van der Waals surface area contributed by atoms with Crippen LogP contribution in [0, 0.1) is 0 Å². The van der Waals surface area contributed by atoms with Gasteiger partial charge in [-0.15, -0.1) is 0 Å². The van der Waals surface area contributed by atoms with Crippen LogP contribution in [0.4, 0.5) is 4.79 Å². The molecule has 4 N–H and O–H groups in total. The lowest BCUT2D eigenvalue weighted by Crippen LogP contribution is -2.41. The summed E-state index contributed by atoms with van der Waals surface area (Å²) in [6, 6.07) is 13.4. The second-order valence-corrected chi connectivity index (χ2v) is 5.67. The predicted octanol–water partition coefficient (Wildman–Crippen LogP) is 3.03. The summed E-state index contributed by atoms with van der Waals surface area (Å²) in [4.78, 5) is 22.1. The fourth-order valence-corrected chi connectivity index (χ4v) is 2.08. The summed E-state index contributed by atoms with van der Waals surface area (Å²) >= 11 is 5.84. The number of hydrogen-bond acceptors (Lipinski definition) is 4. The molecule has 0 bridgehead atoms. The highest BCUT2D eigenvalue weighted by Crippen LogP contribution is 2.24. The van der Waals surface area contributed by atoms with Crippen molar-refractivity contribution < 1.29 is 19.5 Å².